The van der Waals surface area contributed by atoms with E-state index in [1.165, 1.54) is 19.3 Å². The maximum Gasteiger partial charge on any atom is 0.306 e. The van der Waals surface area contributed by atoms with Crippen LogP contribution in [0.25, 0.3) is 0 Å². The van der Waals surface area contributed by atoms with Crippen molar-refractivity contribution in [3.63, 3.8) is 0 Å². The van der Waals surface area contributed by atoms with E-state index >= 15 is 0 Å². The summed E-state index contributed by atoms with van der Waals surface area (Å²) in [5.41, 5.74) is -1.16. The number of aromatic nitrogens is 1. The molecule has 1 aromatic rings. The number of rotatable bonds is 5. The normalized spacial score (nSPS) is 13.7. The third kappa shape index (κ3) is 4.80. The first kappa shape index (κ1) is 14.6. The largest absolute Gasteiger partial charge is 0.481 e. The number of hydrogen-bond acceptors (Lipinski definition) is 4. The van der Waals surface area contributed by atoms with Crippen molar-refractivity contribution in [1.82, 2.24) is 10.3 Å². The molecule has 6 nitrogen and oxygen atoms in total. The van der Waals surface area contributed by atoms with Gasteiger partial charge < -0.3 is 15.5 Å². The molecular weight excluding hydrogens is 304 g/mol. The molecule has 0 spiro atoms. The molecule has 7 heteroatoms. The smallest absolute Gasteiger partial charge is 0.306 e. The average Bonchev–Trinajstić information content (AvgIpc) is 2.24. The van der Waals surface area contributed by atoms with Crippen LogP contribution in [0, 0.1) is 0 Å². The van der Waals surface area contributed by atoms with Gasteiger partial charge in [-0.3, -0.25) is 14.6 Å². The van der Waals surface area contributed by atoms with Gasteiger partial charge in [-0.05, 0) is 28.9 Å². The van der Waals surface area contributed by atoms with Crippen LogP contribution in [-0.2, 0) is 4.79 Å². The van der Waals surface area contributed by atoms with Gasteiger partial charge in [-0.1, -0.05) is 0 Å². The highest BCUT2D eigenvalue weighted by Crippen LogP contribution is 2.11. The second-order valence-corrected chi connectivity index (χ2v) is 5.06. The highest BCUT2D eigenvalue weighted by atomic mass is 79.9. The molecule has 1 aromatic heterocycles. The number of aliphatic hydroxyl groups is 1. The Balaban J connectivity index is 2.58. The Morgan fingerprint density at radius 2 is 2.17 bits per heavy atom. The zero-order chi connectivity index (χ0) is 13.8. The fourth-order valence-electron chi connectivity index (χ4n) is 1.30. The molecule has 0 saturated carbocycles. The molecule has 0 aliphatic carbocycles. The molecule has 1 atom stereocenters. The molecule has 18 heavy (non-hydrogen) atoms. The van der Waals surface area contributed by atoms with E-state index in [9.17, 15) is 14.7 Å². The maximum atomic E-state index is 11.7. The van der Waals surface area contributed by atoms with E-state index in [2.05, 4.69) is 26.2 Å². The fourth-order valence-corrected chi connectivity index (χ4v) is 1.66. The average molecular weight is 317 g/mol. The van der Waals surface area contributed by atoms with Crippen molar-refractivity contribution in [1.29, 1.82) is 0 Å². The number of carbonyl (C=O) groups excluding carboxylic acids is 1. The van der Waals surface area contributed by atoms with E-state index in [-0.39, 0.29) is 6.54 Å². The van der Waals surface area contributed by atoms with Crippen LogP contribution in [0.4, 0.5) is 0 Å². The Morgan fingerprint density at radius 1 is 1.50 bits per heavy atom. The predicted octanol–water partition coefficient (Wildman–Crippen LogP) is 0.800. The lowest BCUT2D eigenvalue weighted by Crippen LogP contribution is -2.42. The van der Waals surface area contributed by atoms with Gasteiger partial charge in [0.15, 0.2) is 0 Å². The van der Waals surface area contributed by atoms with Gasteiger partial charge in [-0.2, -0.15) is 0 Å². The summed E-state index contributed by atoms with van der Waals surface area (Å²) in [6.07, 6.45) is 2.48. The summed E-state index contributed by atoms with van der Waals surface area (Å²) in [6.45, 7) is 1.20. The van der Waals surface area contributed by atoms with Crippen LogP contribution >= 0.6 is 15.9 Å². The second-order valence-electron chi connectivity index (χ2n) is 4.14. The van der Waals surface area contributed by atoms with Crippen molar-refractivity contribution in [3.8, 4) is 0 Å². The van der Waals surface area contributed by atoms with Crippen molar-refractivity contribution in [2.45, 2.75) is 18.9 Å². The monoisotopic (exact) mass is 316 g/mol. The topological polar surface area (TPSA) is 99.5 Å². The molecule has 98 valence electrons. The molecule has 0 fully saturated rings. The number of carbonyl (C=O) groups is 2. The SMILES string of the molecule is CC(O)(CNC(=O)c1cncc(Br)c1)CC(=O)O. The van der Waals surface area contributed by atoms with Gasteiger partial charge in [0.05, 0.1) is 17.6 Å². The quantitative estimate of drug-likeness (QED) is 0.746. The third-order valence-electron chi connectivity index (χ3n) is 2.13. The van der Waals surface area contributed by atoms with Gasteiger partial charge in [0.2, 0.25) is 0 Å². The van der Waals surface area contributed by atoms with E-state index in [1.807, 2.05) is 0 Å². The highest BCUT2D eigenvalue weighted by molar-refractivity contribution is 9.10. The zero-order valence-electron chi connectivity index (χ0n) is 9.68. The van der Waals surface area contributed by atoms with E-state index in [1.54, 1.807) is 6.07 Å². The maximum absolute atomic E-state index is 11.7. The number of pyridine rings is 1. The molecule has 3 N–H and O–H groups in total. The van der Waals surface area contributed by atoms with Crippen molar-refractivity contribution in [2.75, 3.05) is 6.54 Å². The minimum atomic E-state index is -1.49. The Morgan fingerprint density at radius 3 is 2.72 bits per heavy atom. The zero-order valence-corrected chi connectivity index (χ0v) is 11.3. The molecule has 1 amide bonds. The number of nitrogens with one attached hydrogen (secondary N) is 1. The number of amides is 1. The van der Waals surface area contributed by atoms with E-state index < -0.39 is 23.9 Å². The summed E-state index contributed by atoms with van der Waals surface area (Å²) < 4.78 is 0.660. The number of aliphatic carboxylic acids is 1. The van der Waals surface area contributed by atoms with Crippen molar-refractivity contribution < 1.29 is 19.8 Å². The molecular formula is C11H13BrN2O4. The van der Waals surface area contributed by atoms with Gasteiger partial charge in [0.25, 0.3) is 5.91 Å². The van der Waals surface area contributed by atoms with Crippen molar-refractivity contribution >= 4 is 27.8 Å². The van der Waals surface area contributed by atoms with Crippen LogP contribution in [0.5, 0.6) is 0 Å². The Bertz CT molecular complexity index is 462. The molecule has 1 rings (SSSR count). The number of carboxylic acid groups (broad SMARTS) is 1. The molecule has 0 saturated heterocycles. The summed E-state index contributed by atoms with van der Waals surface area (Å²) >= 11 is 3.18. The predicted molar refractivity (Wildman–Crippen MR) is 67.1 cm³/mol. The van der Waals surface area contributed by atoms with E-state index in [4.69, 9.17) is 5.11 Å². The fraction of sp³-hybridized carbons (Fsp3) is 0.364. The second kappa shape index (κ2) is 5.92. The number of nitrogens with zero attached hydrogens (tertiary/aromatic N) is 1. The molecule has 0 radical (unpaired) electrons. The van der Waals surface area contributed by atoms with Gasteiger partial charge in [0, 0.05) is 23.4 Å². The first-order chi connectivity index (χ1) is 8.30. The molecule has 0 aromatic carbocycles. The van der Waals surface area contributed by atoms with Crippen molar-refractivity contribution in [3.05, 3.63) is 28.5 Å². The number of hydrogen-bond donors (Lipinski definition) is 3. The molecule has 0 aliphatic heterocycles. The first-order valence-electron chi connectivity index (χ1n) is 5.13. The third-order valence-corrected chi connectivity index (χ3v) is 2.56. The molecule has 1 unspecified atom stereocenters. The van der Waals surface area contributed by atoms with Crippen LogP contribution in [0.2, 0.25) is 0 Å². The minimum Gasteiger partial charge on any atom is -0.481 e. The van der Waals surface area contributed by atoms with Crippen LogP contribution < -0.4 is 5.32 Å². The Hall–Kier alpha value is -1.47. The first-order valence-corrected chi connectivity index (χ1v) is 5.92. The van der Waals surface area contributed by atoms with Crippen molar-refractivity contribution in [2.24, 2.45) is 0 Å². The lowest BCUT2D eigenvalue weighted by Gasteiger charge is -2.21. The lowest BCUT2D eigenvalue weighted by atomic mass is 10.0. The Labute approximate surface area is 112 Å². The lowest BCUT2D eigenvalue weighted by molar-refractivity contribution is -0.141. The van der Waals surface area contributed by atoms with Gasteiger partial charge in [-0.15, -0.1) is 0 Å². The standard InChI is InChI=1S/C11H13BrN2O4/c1-11(18,3-9(15)16)6-14-10(17)7-2-8(12)5-13-4-7/h2,4-5,18H,3,6H2,1H3,(H,14,17)(H,15,16). The summed E-state index contributed by atoms with van der Waals surface area (Å²) in [7, 11) is 0. The van der Waals surface area contributed by atoms with Crippen LogP contribution in [0.15, 0.2) is 22.9 Å². The molecule has 0 bridgehead atoms. The summed E-state index contributed by atoms with van der Waals surface area (Å²) in [6, 6.07) is 1.58. The van der Waals surface area contributed by atoms with E-state index in [0.29, 0.717) is 10.0 Å². The summed E-state index contributed by atoms with van der Waals surface area (Å²) in [5.74, 6) is -1.55. The van der Waals surface area contributed by atoms with Crippen LogP contribution in [-0.4, -0.2) is 39.2 Å². The summed E-state index contributed by atoms with van der Waals surface area (Å²) in [5, 5.41) is 20.8. The number of carboxylic acids is 1. The molecule has 1 heterocycles. The Kier molecular flexibility index (Phi) is 4.80. The molecule has 0 aliphatic rings. The number of halogens is 1. The van der Waals surface area contributed by atoms with Gasteiger partial charge in [-0.25, -0.2) is 0 Å². The minimum absolute atomic E-state index is 0.148. The summed E-state index contributed by atoms with van der Waals surface area (Å²) in [4.78, 5) is 26.0. The van der Waals surface area contributed by atoms with Crippen LogP contribution in [0.1, 0.15) is 23.7 Å². The van der Waals surface area contributed by atoms with Gasteiger partial charge in [0.1, 0.15) is 0 Å². The highest BCUT2D eigenvalue weighted by Gasteiger charge is 2.25. The van der Waals surface area contributed by atoms with Gasteiger partial charge >= 0.3 is 5.97 Å². The van der Waals surface area contributed by atoms with Crippen LogP contribution in [0.3, 0.4) is 0 Å². The van der Waals surface area contributed by atoms with E-state index in [0.717, 1.165) is 0 Å².